The summed E-state index contributed by atoms with van der Waals surface area (Å²) < 4.78 is 22.3. The van der Waals surface area contributed by atoms with Gasteiger partial charge in [-0.05, 0) is 47.5 Å². The maximum Gasteiger partial charge on any atom is 0.163 e. The summed E-state index contributed by atoms with van der Waals surface area (Å²) in [6.45, 7) is 11.1. The van der Waals surface area contributed by atoms with Crippen LogP contribution in [0, 0.1) is 0 Å². The molecule has 0 radical (unpaired) electrons. The Morgan fingerprint density at radius 3 is 2.35 bits per heavy atom. The minimum absolute atomic E-state index is 0.190. The molecule has 0 aromatic heterocycles. The van der Waals surface area contributed by atoms with Crippen molar-refractivity contribution in [2.45, 2.75) is 64.6 Å². The molecule has 0 saturated carbocycles. The smallest absolute Gasteiger partial charge is 0.163 e. The van der Waals surface area contributed by atoms with E-state index in [9.17, 15) is 0 Å². The molecule has 0 aromatic carbocycles. The maximum atomic E-state index is 5.89. The molecule has 0 aliphatic carbocycles. The molecule has 1 atom stereocenters. The first-order valence-corrected chi connectivity index (χ1v) is 6.21. The van der Waals surface area contributed by atoms with Gasteiger partial charge in [0.2, 0.25) is 0 Å². The number of hydrogen-bond donors (Lipinski definition) is 0. The minimum atomic E-state index is -0.507. The molecule has 1 fully saturated rings. The number of ether oxygens (including phenoxy) is 4. The topological polar surface area (TPSA) is 36.9 Å². The van der Waals surface area contributed by atoms with Crippen LogP contribution in [0.3, 0.4) is 0 Å². The average molecular weight is 246 g/mol. The lowest BCUT2D eigenvalue weighted by atomic mass is 10.0. The van der Waals surface area contributed by atoms with Crippen molar-refractivity contribution < 1.29 is 18.9 Å². The summed E-state index contributed by atoms with van der Waals surface area (Å²) in [5.74, 6) is -0.964. The van der Waals surface area contributed by atoms with E-state index in [1.807, 2.05) is 27.7 Å². The van der Waals surface area contributed by atoms with Crippen LogP contribution in [-0.2, 0) is 18.9 Å². The summed E-state index contributed by atoms with van der Waals surface area (Å²) in [6, 6.07) is 0. The highest BCUT2D eigenvalue weighted by molar-refractivity contribution is 4.83. The third-order valence-corrected chi connectivity index (χ3v) is 3.01. The molecular formula is C13H26O4. The van der Waals surface area contributed by atoms with Crippen molar-refractivity contribution in [2.24, 2.45) is 0 Å². The van der Waals surface area contributed by atoms with Gasteiger partial charge in [0, 0.05) is 7.11 Å². The summed E-state index contributed by atoms with van der Waals surface area (Å²) in [5.41, 5.74) is -0.190. The Hall–Kier alpha value is -0.160. The van der Waals surface area contributed by atoms with Crippen LogP contribution in [0.5, 0.6) is 0 Å². The van der Waals surface area contributed by atoms with Gasteiger partial charge in [0.15, 0.2) is 11.6 Å². The van der Waals surface area contributed by atoms with Crippen molar-refractivity contribution in [3.8, 4) is 0 Å². The molecule has 17 heavy (non-hydrogen) atoms. The van der Waals surface area contributed by atoms with Gasteiger partial charge in [-0.3, -0.25) is 0 Å². The summed E-state index contributed by atoms with van der Waals surface area (Å²) in [6.07, 6.45) is 1.86. The predicted octanol–water partition coefficient (Wildman–Crippen LogP) is 2.71. The van der Waals surface area contributed by atoms with Crippen molar-refractivity contribution in [1.29, 1.82) is 0 Å². The van der Waals surface area contributed by atoms with Gasteiger partial charge < -0.3 is 18.9 Å². The van der Waals surface area contributed by atoms with Crippen LogP contribution in [0.25, 0.3) is 0 Å². The van der Waals surface area contributed by atoms with E-state index in [0.29, 0.717) is 13.2 Å². The highest BCUT2D eigenvalue weighted by Crippen LogP contribution is 2.33. The monoisotopic (exact) mass is 246 g/mol. The van der Waals surface area contributed by atoms with Crippen LogP contribution >= 0.6 is 0 Å². The zero-order valence-corrected chi connectivity index (χ0v) is 12.0. The molecule has 0 amide bonds. The Morgan fingerprint density at radius 1 is 1.24 bits per heavy atom. The number of methoxy groups -OCH3 is 1. The first-order chi connectivity index (χ1) is 7.68. The van der Waals surface area contributed by atoms with Gasteiger partial charge in [-0.15, -0.1) is 0 Å². The van der Waals surface area contributed by atoms with Gasteiger partial charge in [-0.1, -0.05) is 0 Å². The van der Waals surface area contributed by atoms with Crippen LogP contribution in [0.15, 0.2) is 0 Å². The van der Waals surface area contributed by atoms with Crippen LogP contribution in [-0.4, -0.2) is 37.5 Å². The molecule has 1 heterocycles. The van der Waals surface area contributed by atoms with Crippen LogP contribution < -0.4 is 0 Å². The molecule has 4 nitrogen and oxygen atoms in total. The van der Waals surface area contributed by atoms with Crippen LogP contribution in [0.4, 0.5) is 0 Å². The SMILES string of the molecule is COC(C)(C)OCCC[C@@]1(C)COC(C)(C)O1. The fourth-order valence-corrected chi connectivity index (χ4v) is 1.92. The molecule has 0 N–H and O–H groups in total. The average Bonchev–Trinajstić information content (AvgIpc) is 2.49. The second-order valence-corrected chi connectivity index (χ2v) is 5.80. The highest BCUT2D eigenvalue weighted by atomic mass is 16.8. The summed E-state index contributed by atoms with van der Waals surface area (Å²) >= 11 is 0. The van der Waals surface area contributed by atoms with Crippen molar-refractivity contribution >= 4 is 0 Å². The quantitative estimate of drug-likeness (QED) is 0.533. The van der Waals surface area contributed by atoms with E-state index in [1.54, 1.807) is 7.11 Å². The van der Waals surface area contributed by atoms with Crippen molar-refractivity contribution in [1.82, 2.24) is 0 Å². The molecule has 4 heteroatoms. The van der Waals surface area contributed by atoms with Gasteiger partial charge in [-0.25, -0.2) is 0 Å². The third kappa shape index (κ3) is 4.92. The zero-order valence-electron chi connectivity index (χ0n) is 12.0. The summed E-state index contributed by atoms with van der Waals surface area (Å²) in [4.78, 5) is 0. The molecule has 0 aromatic rings. The first kappa shape index (κ1) is 14.9. The molecule has 0 spiro atoms. The van der Waals surface area contributed by atoms with Crippen molar-refractivity contribution in [3.05, 3.63) is 0 Å². The Kier molecular flexibility index (Phi) is 4.58. The molecular weight excluding hydrogens is 220 g/mol. The normalized spacial score (nSPS) is 28.6. The predicted molar refractivity (Wildman–Crippen MR) is 65.8 cm³/mol. The van der Waals surface area contributed by atoms with Crippen LogP contribution in [0.2, 0.25) is 0 Å². The molecule has 0 bridgehead atoms. The minimum Gasteiger partial charge on any atom is -0.354 e. The largest absolute Gasteiger partial charge is 0.354 e. The summed E-state index contributed by atoms with van der Waals surface area (Å²) in [7, 11) is 1.65. The Morgan fingerprint density at radius 2 is 1.88 bits per heavy atom. The maximum absolute atomic E-state index is 5.89. The second-order valence-electron chi connectivity index (χ2n) is 5.80. The van der Waals surface area contributed by atoms with Crippen molar-refractivity contribution in [2.75, 3.05) is 20.3 Å². The van der Waals surface area contributed by atoms with E-state index in [2.05, 4.69) is 6.92 Å². The van der Waals surface area contributed by atoms with Gasteiger partial charge >= 0.3 is 0 Å². The second kappa shape index (κ2) is 5.22. The first-order valence-electron chi connectivity index (χ1n) is 6.21. The number of rotatable bonds is 6. The fourth-order valence-electron chi connectivity index (χ4n) is 1.92. The molecule has 0 unspecified atom stereocenters. The fraction of sp³-hybridized carbons (Fsp3) is 1.00. The lowest BCUT2D eigenvalue weighted by Gasteiger charge is -2.27. The molecule has 1 aliphatic heterocycles. The van der Waals surface area contributed by atoms with E-state index in [-0.39, 0.29) is 5.60 Å². The lowest BCUT2D eigenvalue weighted by molar-refractivity contribution is -0.200. The van der Waals surface area contributed by atoms with E-state index in [0.717, 1.165) is 12.8 Å². The standard InChI is InChI=1S/C13H26O4/c1-11(2,14-6)15-9-7-8-13(5)10-16-12(3,4)17-13/h7-10H2,1-6H3/t13-/m0/s1. The lowest BCUT2D eigenvalue weighted by Crippen LogP contribution is -2.32. The molecule has 1 rings (SSSR count). The van der Waals surface area contributed by atoms with E-state index in [1.165, 1.54) is 0 Å². The van der Waals surface area contributed by atoms with Gasteiger partial charge in [0.1, 0.15) is 0 Å². The van der Waals surface area contributed by atoms with Crippen LogP contribution in [0.1, 0.15) is 47.5 Å². The third-order valence-electron chi connectivity index (χ3n) is 3.01. The van der Waals surface area contributed by atoms with E-state index in [4.69, 9.17) is 18.9 Å². The Bertz CT molecular complexity index is 250. The van der Waals surface area contributed by atoms with E-state index >= 15 is 0 Å². The molecule has 1 aliphatic rings. The van der Waals surface area contributed by atoms with Crippen molar-refractivity contribution in [3.63, 3.8) is 0 Å². The van der Waals surface area contributed by atoms with Gasteiger partial charge in [-0.2, -0.15) is 0 Å². The van der Waals surface area contributed by atoms with Gasteiger partial charge in [0.25, 0.3) is 0 Å². The molecule has 102 valence electrons. The highest BCUT2D eigenvalue weighted by Gasteiger charge is 2.41. The number of hydrogen-bond acceptors (Lipinski definition) is 4. The molecule has 1 saturated heterocycles. The zero-order chi connectivity index (χ0) is 13.2. The van der Waals surface area contributed by atoms with E-state index < -0.39 is 11.6 Å². The Labute approximate surface area is 105 Å². The van der Waals surface area contributed by atoms with Gasteiger partial charge in [0.05, 0.1) is 18.8 Å². The summed E-state index contributed by atoms with van der Waals surface area (Å²) in [5, 5.41) is 0. The Balaban J connectivity index is 2.24.